The van der Waals surface area contributed by atoms with Crippen LogP contribution in [0.2, 0.25) is 0 Å². The van der Waals surface area contributed by atoms with Crippen LogP contribution in [-0.4, -0.2) is 19.2 Å². The Morgan fingerprint density at radius 3 is 2.58 bits per heavy atom. The number of anilines is 1. The van der Waals surface area contributed by atoms with E-state index in [4.69, 9.17) is 15.2 Å². The number of hydrogen-bond acceptors (Lipinski definition) is 4. The molecule has 0 atom stereocenters. The van der Waals surface area contributed by atoms with Crippen LogP contribution in [-0.2, 0) is 4.74 Å². The fraction of sp³-hybridized carbons (Fsp3) is 0.533. The zero-order valence-corrected chi connectivity index (χ0v) is 12.2. The summed E-state index contributed by atoms with van der Waals surface area (Å²) in [5.41, 5.74) is 7.03. The summed E-state index contributed by atoms with van der Waals surface area (Å²) in [6.07, 6.45) is 0.913. The van der Waals surface area contributed by atoms with Gasteiger partial charge in [-0.3, -0.25) is 0 Å². The number of nitrogens with two attached hydrogens (primary N) is 1. The minimum Gasteiger partial charge on any atom is -0.491 e. The summed E-state index contributed by atoms with van der Waals surface area (Å²) in [6, 6.07) is 4.94. The summed E-state index contributed by atoms with van der Waals surface area (Å²) < 4.78 is 10.6. The molecule has 1 rings (SSSR count). The van der Waals surface area contributed by atoms with E-state index in [2.05, 4.69) is 20.8 Å². The van der Waals surface area contributed by atoms with E-state index >= 15 is 0 Å². The van der Waals surface area contributed by atoms with Crippen LogP contribution >= 0.6 is 0 Å². The summed E-state index contributed by atoms with van der Waals surface area (Å²) in [5.74, 6) is 0.179. The highest BCUT2D eigenvalue weighted by Crippen LogP contribution is 2.25. The molecule has 0 amide bonds. The van der Waals surface area contributed by atoms with Gasteiger partial charge in [0.1, 0.15) is 5.75 Å². The first-order valence-corrected chi connectivity index (χ1v) is 6.53. The van der Waals surface area contributed by atoms with Gasteiger partial charge in [0.05, 0.1) is 24.5 Å². The maximum absolute atomic E-state index is 11.6. The Morgan fingerprint density at radius 2 is 2.00 bits per heavy atom. The lowest BCUT2D eigenvalue weighted by Gasteiger charge is -2.18. The monoisotopic (exact) mass is 265 g/mol. The summed E-state index contributed by atoms with van der Waals surface area (Å²) in [6.45, 7) is 9.14. The Morgan fingerprint density at radius 1 is 1.32 bits per heavy atom. The lowest BCUT2D eigenvalue weighted by atomic mass is 9.93. The maximum atomic E-state index is 11.6. The molecule has 0 radical (unpaired) electrons. The van der Waals surface area contributed by atoms with Crippen LogP contribution in [0.25, 0.3) is 0 Å². The first-order valence-electron chi connectivity index (χ1n) is 6.53. The number of nitrogen functional groups attached to an aromatic ring is 1. The summed E-state index contributed by atoms with van der Waals surface area (Å²) >= 11 is 0. The van der Waals surface area contributed by atoms with Crippen molar-refractivity contribution < 1.29 is 14.3 Å². The van der Waals surface area contributed by atoms with Crippen molar-refractivity contribution in [1.29, 1.82) is 0 Å². The molecule has 0 aromatic heterocycles. The minimum absolute atomic E-state index is 0.202. The number of rotatable bonds is 5. The molecule has 106 valence electrons. The van der Waals surface area contributed by atoms with E-state index in [1.165, 1.54) is 0 Å². The van der Waals surface area contributed by atoms with Crippen molar-refractivity contribution in [3.05, 3.63) is 23.8 Å². The SMILES string of the molecule is CCOC(=O)c1ccc(N)c(OCCC(C)(C)C)c1. The molecule has 1 aromatic carbocycles. The van der Waals surface area contributed by atoms with Crippen molar-refractivity contribution >= 4 is 11.7 Å². The van der Waals surface area contributed by atoms with Gasteiger partial charge >= 0.3 is 5.97 Å². The van der Waals surface area contributed by atoms with Gasteiger partial charge in [-0.2, -0.15) is 0 Å². The largest absolute Gasteiger partial charge is 0.491 e. The molecule has 0 aliphatic carbocycles. The molecular weight excluding hydrogens is 242 g/mol. The van der Waals surface area contributed by atoms with Gasteiger partial charge in [-0.05, 0) is 37.0 Å². The molecular formula is C15H23NO3. The third-order valence-electron chi connectivity index (χ3n) is 2.63. The second kappa shape index (κ2) is 6.45. The van der Waals surface area contributed by atoms with Gasteiger partial charge in [-0.1, -0.05) is 20.8 Å². The third kappa shape index (κ3) is 5.20. The van der Waals surface area contributed by atoms with Gasteiger partial charge in [-0.25, -0.2) is 4.79 Å². The number of ether oxygens (including phenoxy) is 2. The van der Waals surface area contributed by atoms with E-state index in [1.807, 2.05) is 0 Å². The first kappa shape index (κ1) is 15.3. The highest BCUT2D eigenvalue weighted by atomic mass is 16.5. The van der Waals surface area contributed by atoms with Crippen molar-refractivity contribution in [3.63, 3.8) is 0 Å². The predicted octanol–water partition coefficient (Wildman–Crippen LogP) is 3.26. The second-order valence-corrected chi connectivity index (χ2v) is 5.63. The molecule has 0 saturated heterocycles. The fourth-order valence-corrected chi connectivity index (χ4v) is 1.47. The van der Waals surface area contributed by atoms with Gasteiger partial charge < -0.3 is 15.2 Å². The third-order valence-corrected chi connectivity index (χ3v) is 2.63. The van der Waals surface area contributed by atoms with E-state index in [-0.39, 0.29) is 11.4 Å². The Balaban J connectivity index is 2.72. The molecule has 0 fully saturated rings. The molecule has 4 heteroatoms. The average Bonchev–Trinajstić information content (AvgIpc) is 2.30. The molecule has 0 heterocycles. The molecule has 19 heavy (non-hydrogen) atoms. The quantitative estimate of drug-likeness (QED) is 0.655. The minimum atomic E-state index is -0.358. The second-order valence-electron chi connectivity index (χ2n) is 5.63. The van der Waals surface area contributed by atoms with Crippen molar-refractivity contribution in [2.24, 2.45) is 5.41 Å². The van der Waals surface area contributed by atoms with Gasteiger partial charge in [0.2, 0.25) is 0 Å². The predicted molar refractivity (Wildman–Crippen MR) is 76.4 cm³/mol. The van der Waals surface area contributed by atoms with E-state index < -0.39 is 0 Å². The Kier molecular flexibility index (Phi) is 5.21. The van der Waals surface area contributed by atoms with E-state index in [0.717, 1.165) is 6.42 Å². The first-order chi connectivity index (χ1) is 8.83. The Bertz CT molecular complexity index is 436. The molecule has 0 aliphatic rings. The van der Waals surface area contributed by atoms with E-state index in [9.17, 15) is 4.79 Å². The van der Waals surface area contributed by atoms with E-state index in [1.54, 1.807) is 25.1 Å². The normalized spacial score (nSPS) is 11.2. The van der Waals surface area contributed by atoms with Crippen LogP contribution in [0.1, 0.15) is 44.5 Å². The van der Waals surface area contributed by atoms with Gasteiger partial charge in [0, 0.05) is 0 Å². The van der Waals surface area contributed by atoms with Crippen LogP contribution in [0.4, 0.5) is 5.69 Å². The molecule has 0 saturated carbocycles. The van der Waals surface area contributed by atoms with Gasteiger partial charge in [0.25, 0.3) is 0 Å². The molecule has 4 nitrogen and oxygen atoms in total. The molecule has 1 aromatic rings. The van der Waals surface area contributed by atoms with Crippen molar-refractivity contribution in [2.45, 2.75) is 34.1 Å². The lowest BCUT2D eigenvalue weighted by molar-refractivity contribution is 0.0526. The van der Waals surface area contributed by atoms with Crippen LogP contribution in [0.5, 0.6) is 5.75 Å². The molecule has 0 spiro atoms. The van der Waals surface area contributed by atoms with Gasteiger partial charge in [-0.15, -0.1) is 0 Å². The number of hydrogen-bond donors (Lipinski definition) is 1. The number of carbonyl (C=O) groups is 1. The molecule has 0 bridgehead atoms. The van der Waals surface area contributed by atoms with Crippen LogP contribution in [0.3, 0.4) is 0 Å². The van der Waals surface area contributed by atoms with Crippen LogP contribution in [0, 0.1) is 5.41 Å². The van der Waals surface area contributed by atoms with Gasteiger partial charge in [0.15, 0.2) is 0 Å². The smallest absolute Gasteiger partial charge is 0.338 e. The zero-order chi connectivity index (χ0) is 14.5. The summed E-state index contributed by atoms with van der Waals surface area (Å²) in [7, 11) is 0. The number of carbonyl (C=O) groups excluding carboxylic acids is 1. The Labute approximate surface area is 114 Å². The topological polar surface area (TPSA) is 61.5 Å². The standard InChI is InChI=1S/C15H23NO3/c1-5-18-14(17)11-6-7-12(16)13(10-11)19-9-8-15(2,3)4/h6-7,10H,5,8-9,16H2,1-4H3. The van der Waals surface area contributed by atoms with Crippen molar-refractivity contribution in [3.8, 4) is 5.75 Å². The Hall–Kier alpha value is -1.71. The number of esters is 1. The average molecular weight is 265 g/mol. The molecule has 2 N–H and O–H groups in total. The maximum Gasteiger partial charge on any atom is 0.338 e. The fourth-order valence-electron chi connectivity index (χ4n) is 1.47. The van der Waals surface area contributed by atoms with Crippen molar-refractivity contribution in [1.82, 2.24) is 0 Å². The lowest BCUT2D eigenvalue weighted by Crippen LogP contribution is -2.12. The van der Waals surface area contributed by atoms with Crippen molar-refractivity contribution in [2.75, 3.05) is 18.9 Å². The van der Waals surface area contributed by atoms with E-state index in [0.29, 0.717) is 30.2 Å². The highest BCUT2D eigenvalue weighted by Gasteiger charge is 2.13. The van der Waals surface area contributed by atoms with Crippen LogP contribution < -0.4 is 10.5 Å². The molecule has 0 aliphatic heterocycles. The summed E-state index contributed by atoms with van der Waals surface area (Å²) in [5, 5.41) is 0. The summed E-state index contributed by atoms with van der Waals surface area (Å²) in [4.78, 5) is 11.6. The molecule has 0 unspecified atom stereocenters. The highest BCUT2D eigenvalue weighted by molar-refractivity contribution is 5.90. The zero-order valence-electron chi connectivity index (χ0n) is 12.2. The number of benzene rings is 1. The van der Waals surface area contributed by atoms with Crippen LogP contribution in [0.15, 0.2) is 18.2 Å².